The number of thioether (sulfide) groups is 2. The molecule has 1 aromatic carbocycles. The standard InChI is InChI=1S/C18H16N4OS3/c1-23-8-10-24-12-26-17-14(11-19)15(13-5-3-2-4-6-13)21-16(22-17)18-20-7-9-25-18/h2-7,9H,8,10,12H2,1H3. The number of nitriles is 1. The van der Waals surface area contributed by atoms with Gasteiger partial charge in [-0.05, 0) is 0 Å². The molecule has 0 N–H and O–H groups in total. The molecule has 0 amide bonds. The van der Waals surface area contributed by atoms with Crippen molar-refractivity contribution in [3.63, 3.8) is 0 Å². The number of thiazole rings is 1. The molecule has 0 aliphatic carbocycles. The van der Waals surface area contributed by atoms with E-state index >= 15 is 0 Å². The van der Waals surface area contributed by atoms with Crippen LogP contribution in [0.25, 0.3) is 22.1 Å². The molecule has 3 aromatic rings. The van der Waals surface area contributed by atoms with Crippen molar-refractivity contribution in [2.45, 2.75) is 5.03 Å². The molecule has 0 saturated carbocycles. The molecule has 3 rings (SSSR count). The summed E-state index contributed by atoms with van der Waals surface area (Å²) in [5.74, 6) is 1.46. The van der Waals surface area contributed by atoms with Gasteiger partial charge in [-0.3, -0.25) is 0 Å². The van der Waals surface area contributed by atoms with Crippen LogP contribution < -0.4 is 0 Å². The fraction of sp³-hybridized carbons (Fsp3) is 0.222. The summed E-state index contributed by atoms with van der Waals surface area (Å²) >= 11 is 4.79. The van der Waals surface area contributed by atoms with E-state index in [9.17, 15) is 5.26 Å². The summed E-state index contributed by atoms with van der Waals surface area (Å²) in [4.78, 5) is 13.6. The van der Waals surface area contributed by atoms with Gasteiger partial charge in [0.05, 0.1) is 12.3 Å². The number of methoxy groups -OCH3 is 1. The van der Waals surface area contributed by atoms with Crippen molar-refractivity contribution in [1.82, 2.24) is 15.0 Å². The van der Waals surface area contributed by atoms with E-state index in [0.717, 1.165) is 21.4 Å². The lowest BCUT2D eigenvalue weighted by Crippen LogP contribution is -2.00. The van der Waals surface area contributed by atoms with Crippen LogP contribution in [0, 0.1) is 11.3 Å². The SMILES string of the molecule is COCCSCSc1nc(-c2nccs2)nc(-c2ccccc2)c1C#N. The van der Waals surface area contributed by atoms with Crippen LogP contribution in [0.5, 0.6) is 0 Å². The maximum atomic E-state index is 9.74. The lowest BCUT2D eigenvalue weighted by Gasteiger charge is -2.10. The molecule has 0 spiro atoms. The van der Waals surface area contributed by atoms with Gasteiger partial charge in [-0.1, -0.05) is 42.1 Å². The molecule has 0 atom stereocenters. The summed E-state index contributed by atoms with van der Waals surface area (Å²) in [6.07, 6.45) is 1.73. The zero-order valence-corrected chi connectivity index (χ0v) is 16.5. The molecule has 0 saturated heterocycles. The monoisotopic (exact) mass is 400 g/mol. The van der Waals surface area contributed by atoms with Crippen LogP contribution in [0.1, 0.15) is 5.56 Å². The van der Waals surface area contributed by atoms with Crippen LogP contribution in [-0.4, -0.2) is 39.5 Å². The van der Waals surface area contributed by atoms with E-state index in [1.807, 2.05) is 35.7 Å². The zero-order valence-electron chi connectivity index (χ0n) is 14.1. The van der Waals surface area contributed by atoms with Gasteiger partial charge in [0.25, 0.3) is 0 Å². The van der Waals surface area contributed by atoms with Crippen LogP contribution in [0.2, 0.25) is 0 Å². The topological polar surface area (TPSA) is 71.7 Å². The number of benzene rings is 1. The van der Waals surface area contributed by atoms with Crippen molar-refractivity contribution in [2.75, 3.05) is 24.6 Å². The van der Waals surface area contributed by atoms with E-state index in [2.05, 4.69) is 21.0 Å². The van der Waals surface area contributed by atoms with Crippen molar-refractivity contribution in [2.24, 2.45) is 0 Å². The maximum Gasteiger partial charge on any atom is 0.190 e. The molecule has 26 heavy (non-hydrogen) atoms. The second kappa shape index (κ2) is 9.69. The minimum Gasteiger partial charge on any atom is -0.384 e. The van der Waals surface area contributed by atoms with E-state index in [0.29, 0.717) is 28.7 Å². The Hall–Kier alpha value is -1.92. The Morgan fingerprint density at radius 2 is 2.08 bits per heavy atom. The Labute approximate surface area is 164 Å². The average molecular weight is 401 g/mol. The first-order valence-corrected chi connectivity index (χ1v) is 10.8. The van der Waals surface area contributed by atoms with Gasteiger partial charge in [0.2, 0.25) is 0 Å². The molecule has 8 heteroatoms. The Balaban J connectivity index is 1.98. The predicted molar refractivity (Wildman–Crippen MR) is 108 cm³/mol. The van der Waals surface area contributed by atoms with Gasteiger partial charge in [-0.25, -0.2) is 15.0 Å². The van der Waals surface area contributed by atoms with E-state index in [-0.39, 0.29) is 0 Å². The third kappa shape index (κ3) is 4.62. The minimum absolute atomic E-state index is 0.508. The van der Waals surface area contributed by atoms with Gasteiger partial charge in [-0.2, -0.15) is 5.26 Å². The number of hydrogen-bond acceptors (Lipinski definition) is 8. The van der Waals surface area contributed by atoms with Crippen LogP contribution in [0.3, 0.4) is 0 Å². The van der Waals surface area contributed by atoms with Crippen molar-refractivity contribution >= 4 is 34.9 Å². The second-order valence-corrected chi connectivity index (χ2v) is 8.38. The highest BCUT2D eigenvalue weighted by Crippen LogP contribution is 2.33. The first-order chi connectivity index (χ1) is 12.8. The fourth-order valence-electron chi connectivity index (χ4n) is 2.18. The zero-order chi connectivity index (χ0) is 18.2. The molecule has 0 unspecified atom stereocenters. The van der Waals surface area contributed by atoms with Crippen molar-refractivity contribution < 1.29 is 4.74 Å². The molecule has 5 nitrogen and oxygen atoms in total. The van der Waals surface area contributed by atoms with Crippen LogP contribution in [0.15, 0.2) is 46.9 Å². The number of aromatic nitrogens is 3. The maximum absolute atomic E-state index is 9.74. The highest BCUT2D eigenvalue weighted by molar-refractivity contribution is 8.16. The second-order valence-electron chi connectivity index (χ2n) is 5.05. The van der Waals surface area contributed by atoms with Crippen molar-refractivity contribution in [3.8, 4) is 28.2 Å². The number of hydrogen-bond donors (Lipinski definition) is 0. The highest BCUT2D eigenvalue weighted by atomic mass is 32.2. The molecule has 0 bridgehead atoms. The highest BCUT2D eigenvalue weighted by Gasteiger charge is 2.18. The molecular weight excluding hydrogens is 384 g/mol. The fourth-order valence-corrected chi connectivity index (χ4v) is 4.72. The van der Waals surface area contributed by atoms with Crippen molar-refractivity contribution in [3.05, 3.63) is 47.5 Å². The van der Waals surface area contributed by atoms with Gasteiger partial charge in [-0.15, -0.1) is 23.1 Å². The molecule has 2 heterocycles. The summed E-state index contributed by atoms with van der Waals surface area (Å²) in [5, 5.41) is 13.9. The van der Waals surface area contributed by atoms with Crippen LogP contribution >= 0.6 is 34.9 Å². The average Bonchev–Trinajstić information content (AvgIpc) is 3.22. The van der Waals surface area contributed by atoms with Gasteiger partial charge in [0.15, 0.2) is 10.8 Å². The molecule has 132 valence electrons. The van der Waals surface area contributed by atoms with Gasteiger partial charge < -0.3 is 4.74 Å². The normalized spacial score (nSPS) is 10.6. The summed E-state index contributed by atoms with van der Waals surface area (Å²) < 4.78 is 5.07. The summed E-state index contributed by atoms with van der Waals surface area (Å²) in [6.45, 7) is 0.708. The van der Waals surface area contributed by atoms with E-state index in [4.69, 9.17) is 4.74 Å². The van der Waals surface area contributed by atoms with Gasteiger partial charge in [0, 0.05) is 35.1 Å². The number of rotatable bonds is 8. The molecule has 0 radical (unpaired) electrons. The molecule has 0 fully saturated rings. The Kier molecular flexibility index (Phi) is 7.03. The van der Waals surface area contributed by atoms with Crippen molar-refractivity contribution in [1.29, 1.82) is 5.26 Å². The Bertz CT molecular complexity index is 879. The number of ether oxygens (including phenoxy) is 1. The van der Waals surface area contributed by atoms with Gasteiger partial charge in [0.1, 0.15) is 16.7 Å². The Morgan fingerprint density at radius 3 is 2.77 bits per heavy atom. The largest absolute Gasteiger partial charge is 0.384 e. The quantitative estimate of drug-likeness (QED) is 0.237. The molecule has 0 aliphatic heterocycles. The first kappa shape index (κ1) is 18.9. The lowest BCUT2D eigenvalue weighted by atomic mass is 10.1. The third-order valence-corrected chi connectivity index (χ3v) is 6.30. The number of nitrogens with zero attached hydrogens (tertiary/aromatic N) is 4. The molecule has 2 aromatic heterocycles. The molecular formula is C18H16N4OS3. The molecule has 0 aliphatic rings. The van der Waals surface area contributed by atoms with E-state index in [1.165, 1.54) is 11.3 Å². The Morgan fingerprint density at radius 1 is 1.23 bits per heavy atom. The predicted octanol–water partition coefficient (Wildman–Crippen LogP) is 4.57. The first-order valence-electron chi connectivity index (χ1n) is 7.80. The smallest absolute Gasteiger partial charge is 0.190 e. The minimum atomic E-state index is 0.508. The van der Waals surface area contributed by atoms with Crippen LogP contribution in [0.4, 0.5) is 0 Å². The van der Waals surface area contributed by atoms with Crippen LogP contribution in [-0.2, 0) is 4.74 Å². The summed E-state index contributed by atoms with van der Waals surface area (Å²) in [6, 6.07) is 12.0. The third-order valence-electron chi connectivity index (χ3n) is 3.37. The summed E-state index contributed by atoms with van der Waals surface area (Å²) in [7, 11) is 1.69. The lowest BCUT2D eigenvalue weighted by molar-refractivity contribution is 0.219. The summed E-state index contributed by atoms with van der Waals surface area (Å²) in [5.41, 5.74) is 2.06. The van der Waals surface area contributed by atoms with E-state index in [1.54, 1.807) is 36.8 Å². The van der Waals surface area contributed by atoms with Gasteiger partial charge >= 0.3 is 0 Å². The van der Waals surface area contributed by atoms with E-state index < -0.39 is 0 Å².